The molecule has 104 valence electrons. The van der Waals surface area contributed by atoms with E-state index in [-0.39, 0.29) is 6.10 Å². The lowest BCUT2D eigenvalue weighted by Crippen LogP contribution is -2.32. The molecule has 1 aromatic heterocycles. The Kier molecular flexibility index (Phi) is 7.38. The minimum absolute atomic E-state index is 0.00541. The van der Waals surface area contributed by atoms with Gasteiger partial charge in [0.1, 0.15) is 0 Å². The summed E-state index contributed by atoms with van der Waals surface area (Å²) in [6, 6.07) is 0. The van der Waals surface area contributed by atoms with E-state index in [9.17, 15) is 5.11 Å². The first kappa shape index (κ1) is 15.5. The first-order valence-electron chi connectivity index (χ1n) is 6.02. The number of ether oxygens (including phenoxy) is 2. The van der Waals surface area contributed by atoms with E-state index in [2.05, 4.69) is 10.3 Å². The van der Waals surface area contributed by atoms with E-state index in [1.54, 1.807) is 18.4 Å². The normalized spacial score (nSPS) is 14.7. The zero-order valence-electron chi connectivity index (χ0n) is 11.2. The lowest BCUT2D eigenvalue weighted by Gasteiger charge is -2.16. The summed E-state index contributed by atoms with van der Waals surface area (Å²) in [4.78, 5) is 4.33. The van der Waals surface area contributed by atoms with Crippen molar-refractivity contribution in [2.75, 3.05) is 26.9 Å². The Morgan fingerprint density at radius 1 is 1.50 bits per heavy atom. The van der Waals surface area contributed by atoms with Crippen LogP contribution in [0, 0.1) is 6.92 Å². The van der Waals surface area contributed by atoms with Crippen molar-refractivity contribution >= 4 is 11.3 Å². The zero-order valence-corrected chi connectivity index (χ0v) is 12.0. The van der Waals surface area contributed by atoms with Crippen molar-refractivity contribution < 1.29 is 14.6 Å². The molecule has 2 atom stereocenters. The molecular formula is C12H22N2O3S. The molecule has 0 fully saturated rings. The largest absolute Gasteiger partial charge is 0.389 e. The number of aliphatic hydroxyl groups is 1. The van der Waals surface area contributed by atoms with E-state index in [1.807, 2.05) is 19.2 Å². The lowest BCUT2D eigenvalue weighted by molar-refractivity contribution is -0.0311. The summed E-state index contributed by atoms with van der Waals surface area (Å²) in [5.41, 5.74) is 1.01. The molecule has 1 rings (SSSR count). The fourth-order valence-electron chi connectivity index (χ4n) is 1.47. The molecule has 6 heteroatoms. The average molecular weight is 274 g/mol. The average Bonchev–Trinajstić information content (AvgIpc) is 2.73. The van der Waals surface area contributed by atoms with Gasteiger partial charge in [-0.2, -0.15) is 0 Å². The van der Waals surface area contributed by atoms with Crippen molar-refractivity contribution in [2.45, 2.75) is 32.6 Å². The molecule has 0 aliphatic rings. The van der Waals surface area contributed by atoms with Crippen LogP contribution in [0.2, 0.25) is 0 Å². The number of nitrogens with zero attached hydrogens (tertiary/aromatic N) is 1. The van der Waals surface area contributed by atoms with Crippen LogP contribution in [0.4, 0.5) is 0 Å². The Bertz CT molecular complexity index is 333. The summed E-state index contributed by atoms with van der Waals surface area (Å²) in [6.07, 6.45) is -0.505. The quantitative estimate of drug-likeness (QED) is 0.702. The van der Waals surface area contributed by atoms with E-state index in [4.69, 9.17) is 9.47 Å². The maximum Gasteiger partial charge on any atom is 0.0897 e. The van der Waals surface area contributed by atoms with E-state index >= 15 is 0 Å². The van der Waals surface area contributed by atoms with Gasteiger partial charge in [-0.15, -0.1) is 11.3 Å². The maximum atomic E-state index is 9.70. The second-order valence-corrected chi connectivity index (χ2v) is 5.30. The van der Waals surface area contributed by atoms with Crippen molar-refractivity contribution in [3.63, 3.8) is 0 Å². The van der Waals surface area contributed by atoms with Crippen molar-refractivity contribution in [3.8, 4) is 0 Å². The molecular weight excluding hydrogens is 252 g/mol. The third kappa shape index (κ3) is 6.42. The Labute approximate surface area is 112 Å². The fourth-order valence-corrected chi connectivity index (χ4v) is 2.09. The molecule has 18 heavy (non-hydrogen) atoms. The number of hydrogen-bond acceptors (Lipinski definition) is 6. The number of rotatable bonds is 9. The van der Waals surface area contributed by atoms with E-state index in [0.717, 1.165) is 10.7 Å². The fraction of sp³-hybridized carbons (Fsp3) is 0.750. The van der Waals surface area contributed by atoms with E-state index in [1.165, 1.54) is 0 Å². The predicted octanol–water partition coefficient (Wildman–Crippen LogP) is 0.954. The second-order valence-electron chi connectivity index (χ2n) is 4.24. The summed E-state index contributed by atoms with van der Waals surface area (Å²) < 4.78 is 10.4. The van der Waals surface area contributed by atoms with Gasteiger partial charge in [-0.3, -0.25) is 0 Å². The van der Waals surface area contributed by atoms with Crippen LogP contribution in [0.15, 0.2) is 5.38 Å². The molecule has 0 radical (unpaired) electrons. The van der Waals surface area contributed by atoms with Crippen LogP contribution in [0.1, 0.15) is 17.6 Å². The van der Waals surface area contributed by atoms with Gasteiger partial charge < -0.3 is 19.9 Å². The van der Waals surface area contributed by atoms with Gasteiger partial charge in [-0.05, 0) is 13.8 Å². The Morgan fingerprint density at radius 3 is 2.89 bits per heavy atom. The van der Waals surface area contributed by atoms with E-state index in [0.29, 0.717) is 26.3 Å². The first-order chi connectivity index (χ1) is 8.61. The number of hydrogen-bond donors (Lipinski definition) is 2. The molecule has 5 nitrogen and oxygen atoms in total. The van der Waals surface area contributed by atoms with Crippen LogP contribution in [-0.2, 0) is 16.0 Å². The molecule has 0 aliphatic carbocycles. The number of aromatic nitrogens is 1. The van der Waals surface area contributed by atoms with Gasteiger partial charge in [0.2, 0.25) is 0 Å². The highest BCUT2D eigenvalue weighted by Crippen LogP contribution is 2.07. The molecule has 1 heterocycles. The molecule has 0 bridgehead atoms. The maximum absolute atomic E-state index is 9.70. The number of methoxy groups -OCH3 is 1. The molecule has 2 N–H and O–H groups in total. The molecule has 0 spiro atoms. The van der Waals surface area contributed by atoms with Crippen molar-refractivity contribution in [1.29, 1.82) is 0 Å². The minimum Gasteiger partial charge on any atom is -0.389 e. The molecule has 0 saturated heterocycles. The van der Waals surface area contributed by atoms with Crippen molar-refractivity contribution in [1.82, 2.24) is 10.3 Å². The van der Waals surface area contributed by atoms with Crippen LogP contribution in [0.5, 0.6) is 0 Å². The third-order valence-electron chi connectivity index (χ3n) is 2.33. The Morgan fingerprint density at radius 2 is 2.28 bits per heavy atom. The smallest absolute Gasteiger partial charge is 0.0897 e. The highest BCUT2D eigenvalue weighted by Gasteiger charge is 2.08. The van der Waals surface area contributed by atoms with Crippen LogP contribution in [0.3, 0.4) is 0 Å². The number of aliphatic hydroxyl groups excluding tert-OH is 1. The van der Waals surface area contributed by atoms with Crippen LogP contribution in [0.25, 0.3) is 0 Å². The summed E-state index contributed by atoms with van der Waals surface area (Å²) in [7, 11) is 1.63. The standard InChI is InChI=1S/C12H22N2O3S/c1-9(6-16-3)17-7-12(15)5-13-4-11-8-18-10(2)14-11/h8-9,12-13,15H,4-7H2,1-3H3. The molecule has 1 aromatic rings. The van der Waals surface area contributed by atoms with Gasteiger partial charge in [0.25, 0.3) is 0 Å². The molecule has 2 unspecified atom stereocenters. The van der Waals surface area contributed by atoms with Gasteiger partial charge in [0.05, 0.1) is 36.1 Å². The highest BCUT2D eigenvalue weighted by molar-refractivity contribution is 7.09. The first-order valence-corrected chi connectivity index (χ1v) is 6.90. The predicted molar refractivity (Wildman–Crippen MR) is 71.9 cm³/mol. The molecule has 0 amide bonds. The molecule has 0 aromatic carbocycles. The van der Waals surface area contributed by atoms with Crippen LogP contribution >= 0.6 is 11.3 Å². The summed E-state index contributed by atoms with van der Waals surface area (Å²) in [6.45, 7) is 5.92. The van der Waals surface area contributed by atoms with E-state index < -0.39 is 6.10 Å². The highest BCUT2D eigenvalue weighted by atomic mass is 32.1. The van der Waals surface area contributed by atoms with Crippen molar-refractivity contribution in [2.24, 2.45) is 0 Å². The van der Waals surface area contributed by atoms with Gasteiger partial charge in [-0.25, -0.2) is 4.98 Å². The zero-order chi connectivity index (χ0) is 13.4. The summed E-state index contributed by atoms with van der Waals surface area (Å²) >= 11 is 1.63. The topological polar surface area (TPSA) is 63.6 Å². The molecule has 0 aliphatic heterocycles. The van der Waals surface area contributed by atoms with Crippen LogP contribution in [-0.4, -0.2) is 49.2 Å². The minimum atomic E-state index is -0.510. The number of aryl methyl sites for hydroxylation is 1. The third-order valence-corrected chi connectivity index (χ3v) is 3.15. The van der Waals surface area contributed by atoms with Gasteiger partial charge in [0.15, 0.2) is 0 Å². The monoisotopic (exact) mass is 274 g/mol. The van der Waals surface area contributed by atoms with Crippen LogP contribution < -0.4 is 5.32 Å². The Balaban J connectivity index is 2.08. The lowest BCUT2D eigenvalue weighted by atomic mass is 10.3. The number of nitrogens with one attached hydrogen (secondary N) is 1. The van der Waals surface area contributed by atoms with Gasteiger partial charge in [-0.1, -0.05) is 0 Å². The summed E-state index contributed by atoms with van der Waals surface area (Å²) in [5, 5.41) is 15.9. The van der Waals surface area contributed by atoms with Crippen molar-refractivity contribution in [3.05, 3.63) is 16.1 Å². The second kappa shape index (κ2) is 8.55. The number of thiazole rings is 1. The molecule has 0 saturated carbocycles. The Hall–Kier alpha value is -0.530. The van der Waals surface area contributed by atoms with Gasteiger partial charge in [0, 0.05) is 25.6 Å². The summed E-state index contributed by atoms with van der Waals surface area (Å²) in [5.74, 6) is 0. The van der Waals surface area contributed by atoms with Gasteiger partial charge >= 0.3 is 0 Å². The SMILES string of the molecule is COCC(C)OCC(O)CNCc1csc(C)n1.